The minimum absolute atomic E-state index is 0.0368. The van der Waals surface area contributed by atoms with Crippen molar-refractivity contribution in [1.29, 1.82) is 0 Å². The second kappa shape index (κ2) is 14.6. The second-order valence-electron chi connectivity index (χ2n) is 12.7. The number of ether oxygens (including phenoxy) is 4. The lowest BCUT2D eigenvalue weighted by Gasteiger charge is -2.34. The SMILES string of the molecule is CCOC(F)(F)c1nnc2cnc(-c3cnc(OC4CC(F)(F)C4)c(F)c3)cn12.COC(F)(F)c1nnc2cnc(-c3cnc(OC4CC(F)(F)C4)c(F)c3)cn12. The Kier molecular flexibility index (Phi) is 10.1. The summed E-state index contributed by atoms with van der Waals surface area (Å²) in [5.41, 5.74) is 0.617. The van der Waals surface area contributed by atoms with Crippen LogP contribution in [0.25, 0.3) is 33.8 Å². The van der Waals surface area contributed by atoms with Gasteiger partial charge in [-0.05, 0) is 19.1 Å². The van der Waals surface area contributed by atoms with Crippen LogP contribution in [0.2, 0.25) is 0 Å². The number of hydrogen-bond acceptors (Lipinski definition) is 12. The molecule has 6 aromatic heterocycles. The van der Waals surface area contributed by atoms with E-state index in [0.717, 1.165) is 28.0 Å². The van der Waals surface area contributed by atoms with E-state index in [2.05, 4.69) is 49.8 Å². The van der Waals surface area contributed by atoms with Crippen molar-refractivity contribution in [2.24, 2.45) is 0 Å². The Balaban J connectivity index is 0.000000174. The van der Waals surface area contributed by atoms with Gasteiger partial charge < -0.3 is 18.9 Å². The third-order valence-electron chi connectivity index (χ3n) is 8.56. The van der Waals surface area contributed by atoms with Crippen molar-refractivity contribution in [2.45, 2.75) is 68.9 Å². The fourth-order valence-corrected chi connectivity index (χ4v) is 5.63. The molecule has 0 N–H and O–H groups in total. The monoisotopic (exact) mass is 816 g/mol. The maximum atomic E-state index is 14.3. The van der Waals surface area contributed by atoms with E-state index in [0.29, 0.717) is 0 Å². The van der Waals surface area contributed by atoms with E-state index in [1.165, 1.54) is 44.1 Å². The summed E-state index contributed by atoms with van der Waals surface area (Å²) in [6.07, 6.45) is -3.86. The van der Waals surface area contributed by atoms with Crippen LogP contribution in [0.1, 0.15) is 44.3 Å². The van der Waals surface area contributed by atoms with Crippen molar-refractivity contribution in [1.82, 2.24) is 49.1 Å². The van der Waals surface area contributed by atoms with E-state index in [9.17, 15) is 43.9 Å². The van der Waals surface area contributed by atoms with E-state index in [4.69, 9.17) is 9.47 Å². The van der Waals surface area contributed by atoms with Gasteiger partial charge in [0.2, 0.25) is 11.6 Å². The Hall–Kier alpha value is -5.78. The molecule has 0 unspecified atom stereocenters. The van der Waals surface area contributed by atoms with Crippen LogP contribution in [0.5, 0.6) is 11.8 Å². The third kappa shape index (κ3) is 8.22. The van der Waals surface area contributed by atoms with Gasteiger partial charge in [0.1, 0.15) is 12.2 Å². The highest BCUT2D eigenvalue weighted by Gasteiger charge is 2.48. The molecule has 0 bridgehead atoms. The summed E-state index contributed by atoms with van der Waals surface area (Å²) in [6, 6.07) is 2.05. The molecule has 2 aliphatic carbocycles. The smallest absolute Gasteiger partial charge is 0.418 e. The Labute approximate surface area is 312 Å². The summed E-state index contributed by atoms with van der Waals surface area (Å²) >= 11 is 0. The number of pyridine rings is 2. The van der Waals surface area contributed by atoms with Gasteiger partial charge >= 0.3 is 12.2 Å². The Morgan fingerprint density at radius 1 is 0.649 bits per heavy atom. The van der Waals surface area contributed by atoms with Crippen LogP contribution >= 0.6 is 0 Å². The molecule has 0 aromatic carbocycles. The molecule has 0 spiro atoms. The van der Waals surface area contributed by atoms with Gasteiger partial charge in [-0.25, -0.2) is 36.3 Å². The van der Waals surface area contributed by atoms with Crippen LogP contribution in [0.4, 0.5) is 43.9 Å². The minimum Gasteiger partial charge on any atom is -0.472 e. The number of alkyl halides is 8. The first-order chi connectivity index (χ1) is 26.9. The molecular formula is C33H26F10N10O4. The molecule has 0 aliphatic heterocycles. The lowest BCUT2D eigenvalue weighted by atomic mass is 9.91. The van der Waals surface area contributed by atoms with Gasteiger partial charge in [0.15, 0.2) is 22.9 Å². The highest BCUT2D eigenvalue weighted by atomic mass is 19.3. The number of halogens is 10. The molecule has 14 nitrogen and oxygen atoms in total. The predicted molar refractivity (Wildman–Crippen MR) is 172 cm³/mol. The van der Waals surface area contributed by atoms with E-state index < -0.39 is 97.0 Å². The van der Waals surface area contributed by atoms with Gasteiger partial charge in [-0.2, -0.15) is 17.6 Å². The number of hydrogen-bond donors (Lipinski definition) is 0. The summed E-state index contributed by atoms with van der Waals surface area (Å²) in [4.78, 5) is 15.6. The molecule has 0 saturated heterocycles. The first-order valence-electron chi connectivity index (χ1n) is 16.6. The Bertz CT molecular complexity index is 2420. The van der Waals surface area contributed by atoms with Gasteiger partial charge in [0.05, 0.1) is 30.4 Å². The number of nitrogens with zero attached hydrogens (tertiary/aromatic N) is 10. The largest absolute Gasteiger partial charge is 0.472 e. The van der Waals surface area contributed by atoms with E-state index in [1.54, 1.807) is 0 Å². The molecule has 302 valence electrons. The third-order valence-corrected chi connectivity index (χ3v) is 8.56. The quantitative estimate of drug-likeness (QED) is 0.127. The Morgan fingerprint density at radius 2 is 1.07 bits per heavy atom. The van der Waals surface area contributed by atoms with Crippen molar-refractivity contribution in [3.63, 3.8) is 0 Å². The molecule has 6 aromatic rings. The van der Waals surface area contributed by atoms with Crippen molar-refractivity contribution in [3.05, 3.63) is 72.6 Å². The molecule has 2 saturated carbocycles. The first-order valence-corrected chi connectivity index (χ1v) is 16.6. The molecular weight excluding hydrogens is 790 g/mol. The lowest BCUT2D eigenvalue weighted by Crippen LogP contribution is -2.43. The van der Waals surface area contributed by atoms with Crippen molar-refractivity contribution in [2.75, 3.05) is 13.7 Å². The molecule has 2 fully saturated rings. The second-order valence-corrected chi connectivity index (χ2v) is 12.7. The lowest BCUT2D eigenvalue weighted by molar-refractivity contribution is -0.251. The molecule has 0 radical (unpaired) electrons. The molecule has 8 rings (SSSR count). The highest BCUT2D eigenvalue weighted by molar-refractivity contribution is 5.60. The van der Waals surface area contributed by atoms with Gasteiger partial charge in [-0.3, -0.25) is 18.8 Å². The van der Waals surface area contributed by atoms with Gasteiger partial charge in [0.25, 0.3) is 23.6 Å². The molecule has 0 atom stereocenters. The van der Waals surface area contributed by atoms with Gasteiger partial charge in [-0.1, -0.05) is 0 Å². The van der Waals surface area contributed by atoms with Crippen LogP contribution in [0.15, 0.2) is 49.3 Å². The number of aromatic nitrogens is 10. The fraction of sp³-hybridized carbons (Fsp3) is 0.394. The van der Waals surface area contributed by atoms with Crippen LogP contribution in [-0.2, 0) is 21.7 Å². The van der Waals surface area contributed by atoms with E-state index in [1.807, 2.05) is 0 Å². The molecule has 57 heavy (non-hydrogen) atoms. The van der Waals surface area contributed by atoms with Gasteiger partial charge in [0, 0.05) is 68.7 Å². The average molecular weight is 817 g/mol. The van der Waals surface area contributed by atoms with E-state index in [-0.39, 0.29) is 40.4 Å². The summed E-state index contributed by atoms with van der Waals surface area (Å²) in [7, 11) is 0.819. The summed E-state index contributed by atoms with van der Waals surface area (Å²) < 4.78 is 156. The number of rotatable bonds is 11. The summed E-state index contributed by atoms with van der Waals surface area (Å²) in [5, 5.41) is 14.0. The van der Waals surface area contributed by atoms with Crippen LogP contribution in [0, 0.1) is 11.6 Å². The first kappa shape index (κ1) is 39.5. The van der Waals surface area contributed by atoms with Crippen molar-refractivity contribution < 1.29 is 62.9 Å². The maximum Gasteiger partial charge on any atom is 0.418 e. The zero-order valence-corrected chi connectivity index (χ0v) is 29.2. The minimum atomic E-state index is -3.69. The van der Waals surface area contributed by atoms with Gasteiger partial charge in [-0.15, -0.1) is 20.4 Å². The average Bonchev–Trinajstić information content (AvgIpc) is 3.77. The zero-order chi connectivity index (χ0) is 40.9. The maximum absolute atomic E-state index is 14.3. The summed E-state index contributed by atoms with van der Waals surface area (Å²) in [5.74, 6) is -9.74. The summed E-state index contributed by atoms with van der Waals surface area (Å²) in [6.45, 7) is 1.16. The predicted octanol–water partition coefficient (Wildman–Crippen LogP) is 6.79. The van der Waals surface area contributed by atoms with E-state index >= 15 is 0 Å². The topological polar surface area (TPSA) is 149 Å². The molecule has 0 amide bonds. The Morgan fingerprint density at radius 3 is 1.44 bits per heavy atom. The number of fused-ring (bicyclic) bond motifs is 2. The van der Waals surface area contributed by atoms with Crippen molar-refractivity contribution >= 4 is 11.3 Å². The standard InChI is InChI=1S/C17H14F5N5O2.C16H12F5N5O2/c1-2-28-17(21,22)15-26-25-13-7-23-12(8-27(13)15)9-3-11(18)14(24-6-9)29-10-4-16(19,20)5-10;1-27-16(20,21)14-25-24-12-6-22-11(7-26(12)14)8-2-10(17)13(23-5-8)28-9-3-15(18,19)4-9/h3,6-8,10H,2,4-5H2,1H3;2,5-7,9H,3-4H2,1H3. The molecule has 6 heterocycles. The van der Waals surface area contributed by atoms with Crippen LogP contribution in [-0.4, -0.2) is 86.9 Å². The molecule has 2 aliphatic rings. The van der Waals surface area contributed by atoms with Crippen molar-refractivity contribution in [3.8, 4) is 34.3 Å². The fourth-order valence-electron chi connectivity index (χ4n) is 5.63. The molecule has 24 heteroatoms. The normalized spacial score (nSPS) is 16.8. The highest BCUT2D eigenvalue weighted by Crippen LogP contribution is 2.41. The zero-order valence-electron chi connectivity index (χ0n) is 29.2. The van der Waals surface area contributed by atoms with Crippen LogP contribution in [0.3, 0.4) is 0 Å². The van der Waals surface area contributed by atoms with Crippen LogP contribution < -0.4 is 9.47 Å². The number of methoxy groups -OCH3 is 1.